The zero-order valence-electron chi connectivity index (χ0n) is 5.59. The fourth-order valence-electron chi connectivity index (χ4n) is 1.10. The molecule has 0 saturated heterocycles. The predicted molar refractivity (Wildman–Crippen MR) is 64.4 cm³/mol. The van der Waals surface area contributed by atoms with Crippen LogP contribution in [-0.2, 0) is 0 Å². The Hall–Kier alpha value is 0.520. The Morgan fingerprint density at radius 2 is 2.18 bits per heavy atom. The molecule has 0 N–H and O–H groups in total. The Bertz CT molecular complexity index is 322. The van der Waals surface area contributed by atoms with E-state index in [2.05, 4.69) is 67.1 Å². The second-order valence-corrected chi connectivity index (χ2v) is 7.16. The van der Waals surface area contributed by atoms with E-state index in [4.69, 9.17) is 0 Å². The molecule has 1 aliphatic heterocycles. The molecule has 0 fully saturated rings. The molecule has 1 aromatic rings. The SMILES string of the molecule is Br[SH]1C=Cc2c(I)cccc21. The van der Waals surface area contributed by atoms with Gasteiger partial charge in [-0.3, -0.25) is 0 Å². The average molecular weight is 341 g/mol. The van der Waals surface area contributed by atoms with Crippen molar-refractivity contribution in [1.29, 1.82) is 0 Å². The van der Waals surface area contributed by atoms with E-state index in [0.717, 1.165) is 0 Å². The first kappa shape index (κ1) is 8.13. The van der Waals surface area contributed by atoms with E-state index in [1.807, 2.05) is 0 Å². The average Bonchev–Trinajstić information content (AvgIpc) is 2.35. The molecule has 0 nitrogen and oxygen atoms in total. The summed E-state index contributed by atoms with van der Waals surface area (Å²) in [6.45, 7) is 0. The molecule has 0 spiro atoms. The molecular formula is C8H6BrIS. The molecule has 1 aromatic carbocycles. The highest BCUT2D eigenvalue weighted by atomic mass is 127. The van der Waals surface area contributed by atoms with Crippen molar-refractivity contribution in [3.8, 4) is 0 Å². The molecule has 0 bridgehead atoms. The predicted octanol–water partition coefficient (Wildman–Crippen LogP) is 3.95. The molecule has 1 heterocycles. The van der Waals surface area contributed by atoms with Crippen molar-refractivity contribution in [1.82, 2.24) is 0 Å². The second kappa shape index (κ2) is 3.11. The molecule has 0 radical (unpaired) electrons. The van der Waals surface area contributed by atoms with Gasteiger partial charge in [-0.05, 0) is 61.0 Å². The molecule has 1 aliphatic rings. The number of hydrogen-bond acceptors (Lipinski definition) is 0. The van der Waals surface area contributed by atoms with Crippen molar-refractivity contribution in [2.75, 3.05) is 0 Å². The van der Waals surface area contributed by atoms with E-state index in [1.165, 1.54) is 14.0 Å². The summed E-state index contributed by atoms with van der Waals surface area (Å²) in [5.74, 6) is 0. The van der Waals surface area contributed by atoms with Crippen LogP contribution >= 0.6 is 46.7 Å². The molecule has 58 valence electrons. The molecule has 11 heavy (non-hydrogen) atoms. The largest absolute Gasteiger partial charge is 0.147 e. The molecule has 0 amide bonds. The molecule has 0 aromatic heterocycles. The summed E-state index contributed by atoms with van der Waals surface area (Å²) in [4.78, 5) is 1.45. The topological polar surface area (TPSA) is 0 Å². The first-order valence-electron chi connectivity index (χ1n) is 3.21. The van der Waals surface area contributed by atoms with Gasteiger partial charge in [-0.2, -0.15) is 0 Å². The van der Waals surface area contributed by atoms with Crippen LogP contribution in [0.15, 0.2) is 28.5 Å². The van der Waals surface area contributed by atoms with E-state index >= 15 is 0 Å². The highest BCUT2D eigenvalue weighted by Crippen LogP contribution is 2.52. The van der Waals surface area contributed by atoms with Crippen molar-refractivity contribution < 1.29 is 0 Å². The monoisotopic (exact) mass is 340 g/mol. The number of hydrogen-bond donors (Lipinski definition) is 1. The Morgan fingerprint density at radius 3 is 2.91 bits per heavy atom. The van der Waals surface area contributed by atoms with Gasteiger partial charge < -0.3 is 0 Å². The Labute approximate surface area is 89.8 Å². The van der Waals surface area contributed by atoms with Gasteiger partial charge in [0.15, 0.2) is 0 Å². The van der Waals surface area contributed by atoms with Crippen LogP contribution in [0.5, 0.6) is 0 Å². The number of thiol groups is 1. The van der Waals surface area contributed by atoms with Gasteiger partial charge in [0, 0.05) is 14.0 Å². The van der Waals surface area contributed by atoms with E-state index < -0.39 is 0 Å². The Balaban J connectivity index is 2.65. The van der Waals surface area contributed by atoms with Crippen LogP contribution in [0.1, 0.15) is 5.56 Å². The van der Waals surface area contributed by atoms with Gasteiger partial charge in [0.2, 0.25) is 0 Å². The van der Waals surface area contributed by atoms with Gasteiger partial charge in [0.05, 0.1) is 0 Å². The van der Waals surface area contributed by atoms with Crippen LogP contribution in [0.3, 0.4) is 0 Å². The standard InChI is InChI=1S/C8H6BrIS/c9-11-5-4-6-7(10)2-1-3-8(6)11/h1-5,11H. The quantitative estimate of drug-likeness (QED) is 0.536. The molecule has 2 rings (SSSR count). The number of benzene rings is 1. The normalized spacial score (nSPS) is 23.6. The lowest BCUT2D eigenvalue weighted by Crippen LogP contribution is -1.79. The highest BCUT2D eigenvalue weighted by molar-refractivity contribution is 14.1. The summed E-state index contributed by atoms with van der Waals surface area (Å²) in [5.41, 5.74) is 1.40. The third kappa shape index (κ3) is 1.38. The van der Waals surface area contributed by atoms with Crippen LogP contribution in [0.25, 0.3) is 6.08 Å². The summed E-state index contributed by atoms with van der Waals surface area (Å²) in [5, 5.41) is 2.24. The maximum atomic E-state index is 3.65. The molecule has 0 saturated carbocycles. The van der Waals surface area contributed by atoms with E-state index in [-0.39, 0.29) is 9.33 Å². The van der Waals surface area contributed by atoms with Crippen LogP contribution in [-0.4, -0.2) is 0 Å². The lowest BCUT2D eigenvalue weighted by atomic mass is 10.2. The lowest BCUT2D eigenvalue weighted by molar-refractivity contribution is 1.41. The second-order valence-electron chi connectivity index (χ2n) is 2.30. The van der Waals surface area contributed by atoms with Gasteiger partial charge in [0.25, 0.3) is 0 Å². The third-order valence-electron chi connectivity index (χ3n) is 1.63. The fourth-order valence-corrected chi connectivity index (χ4v) is 4.37. The minimum absolute atomic E-state index is 0.170. The van der Waals surface area contributed by atoms with Gasteiger partial charge >= 0.3 is 0 Å². The third-order valence-corrected chi connectivity index (χ3v) is 5.69. The summed E-state index contributed by atoms with van der Waals surface area (Å²) >= 11 is 6.02. The first-order chi connectivity index (χ1) is 5.29. The Kier molecular flexibility index (Phi) is 2.30. The summed E-state index contributed by atoms with van der Waals surface area (Å²) in [6.07, 6.45) is 2.21. The maximum absolute atomic E-state index is 3.65. The Morgan fingerprint density at radius 1 is 1.36 bits per heavy atom. The van der Waals surface area contributed by atoms with Crippen molar-refractivity contribution in [3.05, 3.63) is 32.7 Å². The highest BCUT2D eigenvalue weighted by Gasteiger charge is 2.12. The van der Waals surface area contributed by atoms with Gasteiger partial charge in [-0.25, -0.2) is 0 Å². The van der Waals surface area contributed by atoms with E-state index in [0.29, 0.717) is 0 Å². The van der Waals surface area contributed by atoms with Gasteiger partial charge in [-0.1, -0.05) is 6.07 Å². The maximum Gasteiger partial charge on any atom is 0.0213 e. The van der Waals surface area contributed by atoms with Crippen molar-refractivity contribution >= 4 is 52.8 Å². The van der Waals surface area contributed by atoms with Crippen LogP contribution in [0.4, 0.5) is 0 Å². The minimum Gasteiger partial charge on any atom is -0.147 e. The van der Waals surface area contributed by atoms with Gasteiger partial charge in [0.1, 0.15) is 0 Å². The van der Waals surface area contributed by atoms with Crippen LogP contribution in [0.2, 0.25) is 0 Å². The fraction of sp³-hybridized carbons (Fsp3) is 0. The smallest absolute Gasteiger partial charge is 0.0213 e. The molecule has 1 unspecified atom stereocenters. The van der Waals surface area contributed by atoms with Crippen LogP contribution in [0, 0.1) is 3.57 Å². The number of rotatable bonds is 0. The van der Waals surface area contributed by atoms with Crippen LogP contribution < -0.4 is 0 Å². The molecular weight excluding hydrogens is 335 g/mol. The molecule has 3 heteroatoms. The minimum atomic E-state index is -0.170. The lowest BCUT2D eigenvalue weighted by Gasteiger charge is -2.06. The number of halogens is 2. The summed E-state index contributed by atoms with van der Waals surface area (Å²) in [6, 6.07) is 6.45. The van der Waals surface area contributed by atoms with Gasteiger partial charge in [-0.15, -0.1) is 9.33 Å². The van der Waals surface area contributed by atoms with E-state index in [9.17, 15) is 0 Å². The molecule has 0 aliphatic carbocycles. The molecule has 1 atom stereocenters. The van der Waals surface area contributed by atoms with Crippen molar-refractivity contribution in [2.45, 2.75) is 4.90 Å². The van der Waals surface area contributed by atoms with E-state index in [1.54, 1.807) is 0 Å². The summed E-state index contributed by atoms with van der Waals surface area (Å²) in [7, 11) is -0.170. The number of fused-ring (bicyclic) bond motifs is 1. The first-order valence-corrected chi connectivity index (χ1v) is 7.71. The van der Waals surface area contributed by atoms with Crippen molar-refractivity contribution in [3.63, 3.8) is 0 Å². The summed E-state index contributed by atoms with van der Waals surface area (Å²) < 4.78 is 1.35. The van der Waals surface area contributed by atoms with Crippen molar-refractivity contribution in [2.24, 2.45) is 0 Å². The zero-order chi connectivity index (χ0) is 7.84. The zero-order valence-corrected chi connectivity index (χ0v) is 10.2.